The summed E-state index contributed by atoms with van der Waals surface area (Å²) < 4.78 is 23.6. The average molecular weight is 286 g/mol. The van der Waals surface area contributed by atoms with E-state index in [1.165, 1.54) is 31.4 Å². The van der Waals surface area contributed by atoms with Gasteiger partial charge in [-0.15, -0.1) is 0 Å². The molecule has 0 radical (unpaired) electrons. The third-order valence-electron chi connectivity index (χ3n) is 2.76. The van der Waals surface area contributed by atoms with E-state index >= 15 is 0 Å². The van der Waals surface area contributed by atoms with Gasteiger partial charge in [-0.1, -0.05) is 30.3 Å². The van der Waals surface area contributed by atoms with Crippen molar-refractivity contribution in [2.24, 2.45) is 0 Å². The molecular weight excluding hydrogens is 271 g/mol. The molecule has 2 aromatic rings. The zero-order chi connectivity index (χ0) is 15.1. The topological polar surface area (TPSA) is 35.5 Å². The predicted octanol–water partition coefficient (Wildman–Crippen LogP) is 3.59. The molecular formula is C17H15FO3. The molecule has 0 aliphatic carbocycles. The van der Waals surface area contributed by atoms with E-state index in [0.717, 1.165) is 5.56 Å². The van der Waals surface area contributed by atoms with Crippen LogP contribution < -0.4 is 4.74 Å². The van der Waals surface area contributed by atoms with E-state index in [4.69, 9.17) is 4.74 Å². The molecule has 21 heavy (non-hydrogen) atoms. The SMILES string of the molecule is COC(=O)/C=C/c1cc(F)cc(OCc2ccccc2)c1. The lowest BCUT2D eigenvalue weighted by molar-refractivity contribution is -0.134. The molecule has 0 fully saturated rings. The maximum absolute atomic E-state index is 13.5. The maximum Gasteiger partial charge on any atom is 0.330 e. The minimum Gasteiger partial charge on any atom is -0.489 e. The minimum absolute atomic E-state index is 0.352. The number of esters is 1. The number of benzene rings is 2. The summed E-state index contributed by atoms with van der Waals surface area (Å²) in [7, 11) is 1.28. The largest absolute Gasteiger partial charge is 0.489 e. The molecule has 0 aliphatic heterocycles. The summed E-state index contributed by atoms with van der Waals surface area (Å²) in [5.41, 5.74) is 1.52. The number of ether oxygens (including phenoxy) is 2. The molecule has 108 valence electrons. The van der Waals surface area contributed by atoms with Crippen molar-refractivity contribution in [1.82, 2.24) is 0 Å². The molecule has 0 bridgehead atoms. The van der Waals surface area contributed by atoms with Crippen LogP contribution in [0.4, 0.5) is 4.39 Å². The molecule has 0 amide bonds. The van der Waals surface area contributed by atoms with Crippen LogP contribution in [0.5, 0.6) is 5.75 Å². The summed E-state index contributed by atoms with van der Waals surface area (Å²) in [4.78, 5) is 11.0. The van der Waals surface area contributed by atoms with Gasteiger partial charge in [0.2, 0.25) is 0 Å². The van der Waals surface area contributed by atoms with Crippen LogP contribution in [0.15, 0.2) is 54.6 Å². The molecule has 0 heterocycles. The van der Waals surface area contributed by atoms with Gasteiger partial charge in [-0.05, 0) is 29.3 Å². The fourth-order valence-electron chi connectivity index (χ4n) is 1.74. The second kappa shape index (κ2) is 7.24. The summed E-state index contributed by atoms with van der Waals surface area (Å²) in [6.07, 6.45) is 2.71. The Labute approximate surface area is 122 Å². The van der Waals surface area contributed by atoms with Gasteiger partial charge in [0, 0.05) is 12.1 Å². The number of hydrogen-bond donors (Lipinski definition) is 0. The van der Waals surface area contributed by atoms with Gasteiger partial charge in [0.1, 0.15) is 18.2 Å². The lowest BCUT2D eigenvalue weighted by Gasteiger charge is -2.07. The summed E-state index contributed by atoms with van der Waals surface area (Å²) in [5, 5.41) is 0. The van der Waals surface area contributed by atoms with Crippen LogP contribution in [-0.2, 0) is 16.1 Å². The molecule has 0 N–H and O–H groups in total. The van der Waals surface area contributed by atoms with E-state index in [1.54, 1.807) is 6.07 Å². The standard InChI is InChI=1S/C17H15FO3/c1-20-17(19)8-7-14-9-15(18)11-16(10-14)21-12-13-5-3-2-4-6-13/h2-11H,12H2,1H3/b8-7+. The van der Waals surface area contributed by atoms with Crippen molar-refractivity contribution in [3.05, 3.63) is 71.6 Å². The van der Waals surface area contributed by atoms with Crippen molar-refractivity contribution < 1.29 is 18.7 Å². The molecule has 0 aliphatic rings. The lowest BCUT2D eigenvalue weighted by atomic mass is 10.2. The molecule has 0 unspecified atom stereocenters. The predicted molar refractivity (Wildman–Crippen MR) is 78.2 cm³/mol. The van der Waals surface area contributed by atoms with Crippen LogP contribution in [0.3, 0.4) is 0 Å². The minimum atomic E-state index is -0.494. The van der Waals surface area contributed by atoms with Crippen LogP contribution in [0.2, 0.25) is 0 Å². The summed E-state index contributed by atoms with van der Waals surface area (Å²) in [5.74, 6) is -0.514. The second-order valence-corrected chi connectivity index (χ2v) is 4.35. The number of carbonyl (C=O) groups excluding carboxylic acids is 1. The molecule has 3 nitrogen and oxygen atoms in total. The first-order chi connectivity index (χ1) is 10.2. The van der Waals surface area contributed by atoms with E-state index in [1.807, 2.05) is 30.3 Å². The Hall–Kier alpha value is -2.62. The van der Waals surface area contributed by atoms with Crippen LogP contribution in [0.1, 0.15) is 11.1 Å². The van der Waals surface area contributed by atoms with Crippen LogP contribution in [0.25, 0.3) is 6.08 Å². The van der Waals surface area contributed by atoms with E-state index < -0.39 is 11.8 Å². The van der Waals surface area contributed by atoms with E-state index in [0.29, 0.717) is 17.9 Å². The Morgan fingerprint density at radius 3 is 2.67 bits per heavy atom. The lowest BCUT2D eigenvalue weighted by Crippen LogP contribution is -1.96. The summed E-state index contributed by atoms with van der Waals surface area (Å²) >= 11 is 0. The van der Waals surface area contributed by atoms with Crippen molar-refractivity contribution >= 4 is 12.0 Å². The molecule has 0 atom stereocenters. The van der Waals surface area contributed by atoms with Gasteiger partial charge >= 0.3 is 5.97 Å². The quantitative estimate of drug-likeness (QED) is 0.622. The molecule has 0 saturated heterocycles. The molecule has 0 saturated carbocycles. The average Bonchev–Trinajstić information content (AvgIpc) is 2.51. The fourth-order valence-corrected chi connectivity index (χ4v) is 1.74. The number of rotatable bonds is 5. The van der Waals surface area contributed by atoms with E-state index in [-0.39, 0.29) is 0 Å². The normalized spacial score (nSPS) is 10.6. The van der Waals surface area contributed by atoms with Gasteiger partial charge < -0.3 is 9.47 Å². The summed E-state index contributed by atoms with van der Waals surface area (Å²) in [6.45, 7) is 0.352. The molecule has 0 spiro atoms. The molecule has 0 aromatic heterocycles. The highest BCUT2D eigenvalue weighted by atomic mass is 19.1. The highest BCUT2D eigenvalue weighted by Crippen LogP contribution is 2.19. The molecule has 2 aromatic carbocycles. The van der Waals surface area contributed by atoms with Gasteiger partial charge in [0.25, 0.3) is 0 Å². The Balaban J connectivity index is 2.08. The third kappa shape index (κ3) is 4.76. The van der Waals surface area contributed by atoms with Crippen molar-refractivity contribution in [1.29, 1.82) is 0 Å². The Morgan fingerprint density at radius 1 is 1.19 bits per heavy atom. The van der Waals surface area contributed by atoms with Crippen molar-refractivity contribution in [2.45, 2.75) is 6.61 Å². The zero-order valence-corrected chi connectivity index (χ0v) is 11.6. The summed E-state index contributed by atoms with van der Waals surface area (Å²) in [6, 6.07) is 13.9. The van der Waals surface area contributed by atoms with Gasteiger partial charge in [-0.25, -0.2) is 9.18 Å². The van der Waals surface area contributed by atoms with Crippen molar-refractivity contribution in [3.63, 3.8) is 0 Å². The number of methoxy groups -OCH3 is 1. The first kappa shape index (κ1) is 14.8. The van der Waals surface area contributed by atoms with Crippen LogP contribution >= 0.6 is 0 Å². The number of carbonyl (C=O) groups is 1. The number of hydrogen-bond acceptors (Lipinski definition) is 3. The van der Waals surface area contributed by atoms with Gasteiger partial charge in [0.05, 0.1) is 7.11 Å². The van der Waals surface area contributed by atoms with E-state index in [9.17, 15) is 9.18 Å². The number of halogens is 1. The Morgan fingerprint density at radius 2 is 1.95 bits per heavy atom. The second-order valence-electron chi connectivity index (χ2n) is 4.35. The Kier molecular flexibility index (Phi) is 5.10. The van der Waals surface area contributed by atoms with Crippen LogP contribution in [-0.4, -0.2) is 13.1 Å². The van der Waals surface area contributed by atoms with Gasteiger partial charge in [-0.3, -0.25) is 0 Å². The monoisotopic (exact) mass is 286 g/mol. The highest BCUT2D eigenvalue weighted by Gasteiger charge is 2.02. The van der Waals surface area contributed by atoms with Crippen LogP contribution in [0, 0.1) is 5.82 Å². The smallest absolute Gasteiger partial charge is 0.330 e. The third-order valence-corrected chi connectivity index (χ3v) is 2.76. The highest BCUT2D eigenvalue weighted by molar-refractivity contribution is 5.86. The van der Waals surface area contributed by atoms with Crippen molar-refractivity contribution in [2.75, 3.05) is 7.11 Å². The molecule has 2 rings (SSSR count). The van der Waals surface area contributed by atoms with Gasteiger partial charge in [0.15, 0.2) is 0 Å². The van der Waals surface area contributed by atoms with Crippen molar-refractivity contribution in [3.8, 4) is 5.75 Å². The first-order valence-corrected chi connectivity index (χ1v) is 6.41. The first-order valence-electron chi connectivity index (χ1n) is 6.41. The Bertz CT molecular complexity index is 636. The fraction of sp³-hybridized carbons (Fsp3) is 0.118. The molecule has 4 heteroatoms. The van der Waals surface area contributed by atoms with Gasteiger partial charge in [-0.2, -0.15) is 0 Å². The van der Waals surface area contributed by atoms with E-state index in [2.05, 4.69) is 4.74 Å². The maximum atomic E-state index is 13.5. The zero-order valence-electron chi connectivity index (χ0n) is 11.6.